The SMILES string of the molecule is C1CC2C3C4CC4C23C1. The lowest BCUT2D eigenvalue weighted by atomic mass is 9.82. The number of hydrogen-bond donors (Lipinski definition) is 0. The zero-order valence-corrected chi connectivity index (χ0v) is 5.64. The minimum atomic E-state index is 1.03. The van der Waals surface area contributed by atoms with Gasteiger partial charge in [0.25, 0.3) is 0 Å². The van der Waals surface area contributed by atoms with Crippen LogP contribution in [0.2, 0.25) is 0 Å². The smallest absolute Gasteiger partial charge is 0.0201 e. The molecule has 0 aromatic heterocycles. The van der Waals surface area contributed by atoms with Crippen LogP contribution in [0.25, 0.3) is 0 Å². The summed E-state index contributed by atoms with van der Waals surface area (Å²) in [6, 6.07) is 0. The molecule has 0 heterocycles. The maximum Gasteiger partial charge on any atom is -0.0201 e. The maximum atomic E-state index is 1.64. The lowest BCUT2D eigenvalue weighted by Crippen LogP contribution is -2.17. The van der Waals surface area contributed by atoms with Crippen LogP contribution in [0.15, 0.2) is 0 Å². The molecule has 5 unspecified atom stereocenters. The van der Waals surface area contributed by atoms with Crippen LogP contribution < -0.4 is 0 Å². The second kappa shape index (κ2) is 0.810. The molecule has 4 rings (SSSR count). The van der Waals surface area contributed by atoms with Crippen molar-refractivity contribution in [3.63, 3.8) is 0 Å². The van der Waals surface area contributed by atoms with Crippen LogP contribution in [0.5, 0.6) is 0 Å². The Hall–Kier alpha value is 0. The molecule has 0 bridgehead atoms. The number of fused-ring (bicyclic) bond motifs is 3. The van der Waals surface area contributed by atoms with Crippen LogP contribution in [-0.4, -0.2) is 0 Å². The Morgan fingerprint density at radius 3 is 3.00 bits per heavy atom. The third kappa shape index (κ3) is 0.210. The van der Waals surface area contributed by atoms with Crippen molar-refractivity contribution < 1.29 is 0 Å². The quantitative estimate of drug-likeness (QED) is 0.459. The summed E-state index contributed by atoms with van der Waals surface area (Å²) in [5.41, 5.74) is 1.03. The zero-order chi connectivity index (χ0) is 5.64. The normalized spacial score (nSPS) is 80.0. The average Bonchev–Trinajstić information content (AvgIpc) is 2.59. The van der Waals surface area contributed by atoms with Crippen molar-refractivity contribution in [1.82, 2.24) is 0 Å². The molecule has 0 saturated heterocycles. The molecule has 4 saturated carbocycles. The van der Waals surface area contributed by atoms with Crippen molar-refractivity contribution in [3.8, 4) is 0 Å². The first kappa shape index (κ1) is 4.00. The molecule has 0 aromatic rings. The molecule has 0 aliphatic heterocycles. The summed E-state index contributed by atoms with van der Waals surface area (Å²) in [5.74, 6) is 5.10. The van der Waals surface area contributed by atoms with Crippen LogP contribution >= 0.6 is 0 Å². The van der Waals surface area contributed by atoms with Gasteiger partial charge in [-0.2, -0.15) is 0 Å². The molecule has 0 radical (unpaired) electrons. The van der Waals surface area contributed by atoms with Crippen LogP contribution in [0.3, 0.4) is 0 Å². The lowest BCUT2D eigenvalue weighted by Gasteiger charge is -2.22. The highest BCUT2D eigenvalue weighted by Crippen LogP contribution is 2.92. The molecular formula is C9H12. The van der Waals surface area contributed by atoms with E-state index >= 15 is 0 Å². The summed E-state index contributed by atoms with van der Waals surface area (Å²) in [6.07, 6.45) is 6.45. The van der Waals surface area contributed by atoms with Crippen molar-refractivity contribution in [2.24, 2.45) is 29.1 Å². The second-order valence-corrected chi connectivity index (χ2v) is 4.64. The van der Waals surface area contributed by atoms with Gasteiger partial charge in [-0.3, -0.25) is 0 Å². The topological polar surface area (TPSA) is 0 Å². The first-order valence-corrected chi connectivity index (χ1v) is 4.44. The van der Waals surface area contributed by atoms with Gasteiger partial charge in [0.05, 0.1) is 0 Å². The first-order chi connectivity index (χ1) is 4.44. The van der Waals surface area contributed by atoms with Crippen LogP contribution in [0.1, 0.15) is 25.7 Å². The molecule has 48 valence electrons. The summed E-state index contributed by atoms with van der Waals surface area (Å²) in [4.78, 5) is 0. The van der Waals surface area contributed by atoms with Gasteiger partial charge in [0, 0.05) is 0 Å². The van der Waals surface area contributed by atoms with E-state index in [-0.39, 0.29) is 0 Å². The highest BCUT2D eigenvalue weighted by Gasteiger charge is 2.87. The van der Waals surface area contributed by atoms with Crippen molar-refractivity contribution in [2.45, 2.75) is 25.7 Å². The summed E-state index contributed by atoms with van der Waals surface area (Å²) in [6.45, 7) is 0. The minimum absolute atomic E-state index is 1.03. The average molecular weight is 120 g/mol. The van der Waals surface area contributed by atoms with Crippen molar-refractivity contribution in [2.75, 3.05) is 0 Å². The molecule has 0 amide bonds. The summed E-state index contributed by atoms with van der Waals surface area (Å²) >= 11 is 0. The Kier molecular flexibility index (Phi) is 0.360. The molecule has 0 nitrogen and oxygen atoms in total. The van der Waals surface area contributed by atoms with Gasteiger partial charge in [0.2, 0.25) is 0 Å². The van der Waals surface area contributed by atoms with Gasteiger partial charge in [-0.05, 0) is 48.3 Å². The van der Waals surface area contributed by atoms with Gasteiger partial charge < -0.3 is 0 Å². The summed E-state index contributed by atoms with van der Waals surface area (Å²) < 4.78 is 0. The molecule has 4 aliphatic rings. The van der Waals surface area contributed by atoms with Gasteiger partial charge in [-0.25, -0.2) is 0 Å². The molecule has 0 N–H and O–H groups in total. The van der Waals surface area contributed by atoms with Crippen molar-refractivity contribution in [1.29, 1.82) is 0 Å². The van der Waals surface area contributed by atoms with Gasteiger partial charge in [0.1, 0.15) is 0 Å². The minimum Gasteiger partial charge on any atom is -0.0525 e. The van der Waals surface area contributed by atoms with Crippen LogP contribution in [0, 0.1) is 29.1 Å². The fraction of sp³-hybridized carbons (Fsp3) is 1.00. The third-order valence-electron chi connectivity index (χ3n) is 4.75. The molecule has 0 aromatic carbocycles. The standard InChI is InChI=1S/C9H12/c1-2-6-8-5-4-7(5)9(6,8)3-1/h5-8H,1-4H2. The van der Waals surface area contributed by atoms with Gasteiger partial charge >= 0.3 is 0 Å². The third-order valence-corrected chi connectivity index (χ3v) is 4.75. The van der Waals surface area contributed by atoms with Crippen molar-refractivity contribution in [3.05, 3.63) is 0 Å². The first-order valence-electron chi connectivity index (χ1n) is 4.44. The Morgan fingerprint density at radius 1 is 1.22 bits per heavy atom. The highest BCUT2D eigenvalue weighted by atomic mass is 14.9. The largest absolute Gasteiger partial charge is 0.0525 e. The molecule has 4 fully saturated rings. The van der Waals surface area contributed by atoms with Crippen LogP contribution in [-0.2, 0) is 0 Å². The zero-order valence-electron chi connectivity index (χ0n) is 5.64. The predicted molar refractivity (Wildman–Crippen MR) is 34.9 cm³/mol. The van der Waals surface area contributed by atoms with E-state index in [1.165, 1.54) is 23.7 Å². The van der Waals surface area contributed by atoms with Crippen LogP contribution in [0.4, 0.5) is 0 Å². The maximum absolute atomic E-state index is 1.64. The fourth-order valence-electron chi connectivity index (χ4n) is 4.52. The monoisotopic (exact) mass is 120 g/mol. The molecule has 1 spiro atoms. The molecular weight excluding hydrogens is 108 g/mol. The predicted octanol–water partition coefficient (Wildman–Crippen LogP) is 2.05. The molecule has 5 atom stereocenters. The van der Waals surface area contributed by atoms with Gasteiger partial charge in [-0.15, -0.1) is 0 Å². The van der Waals surface area contributed by atoms with E-state index in [1.807, 2.05) is 0 Å². The second-order valence-electron chi connectivity index (χ2n) is 4.64. The Labute approximate surface area is 55.6 Å². The number of rotatable bonds is 0. The van der Waals surface area contributed by atoms with Gasteiger partial charge in [0.15, 0.2) is 0 Å². The Morgan fingerprint density at radius 2 is 2.22 bits per heavy atom. The van der Waals surface area contributed by atoms with E-state index in [1.54, 1.807) is 25.7 Å². The van der Waals surface area contributed by atoms with E-state index in [4.69, 9.17) is 0 Å². The number of hydrogen-bond acceptors (Lipinski definition) is 0. The summed E-state index contributed by atoms with van der Waals surface area (Å²) in [5, 5.41) is 0. The van der Waals surface area contributed by atoms with E-state index < -0.39 is 0 Å². The van der Waals surface area contributed by atoms with Crippen molar-refractivity contribution >= 4 is 0 Å². The summed E-state index contributed by atoms with van der Waals surface area (Å²) in [7, 11) is 0. The van der Waals surface area contributed by atoms with E-state index in [0.717, 1.165) is 5.41 Å². The lowest BCUT2D eigenvalue weighted by molar-refractivity contribution is 0.254. The molecule has 9 heavy (non-hydrogen) atoms. The van der Waals surface area contributed by atoms with E-state index in [9.17, 15) is 0 Å². The molecule has 4 aliphatic carbocycles. The fourth-order valence-corrected chi connectivity index (χ4v) is 4.52. The Balaban J connectivity index is 1.88. The van der Waals surface area contributed by atoms with Gasteiger partial charge in [-0.1, -0.05) is 6.42 Å². The Bertz CT molecular complexity index is 190. The highest BCUT2D eigenvalue weighted by molar-refractivity contribution is 5.34. The van der Waals surface area contributed by atoms with E-state index in [0.29, 0.717) is 0 Å². The molecule has 0 heteroatoms. The van der Waals surface area contributed by atoms with E-state index in [2.05, 4.69) is 0 Å².